The zero-order chi connectivity index (χ0) is 6.41. The van der Waals surface area contributed by atoms with Gasteiger partial charge >= 0.3 is 160 Å². The quantitative estimate of drug-likeness (QED) is 0.236. The Morgan fingerprint density at radius 2 is 0.667 bits per heavy atom. The predicted molar refractivity (Wildman–Crippen MR) is 12.4 cm³/mol. The van der Waals surface area contributed by atoms with Crippen LogP contribution in [0.4, 0.5) is 24.6 Å². The van der Waals surface area contributed by atoms with Crippen LogP contribution in [0.1, 0.15) is 0 Å². The van der Waals surface area contributed by atoms with Crippen molar-refractivity contribution in [3.63, 3.8) is 0 Å². The van der Waals surface area contributed by atoms with Gasteiger partial charge in [0, 0.05) is 0 Å². The van der Waals surface area contributed by atoms with Gasteiger partial charge in [-0.3, -0.25) is 0 Å². The molecule has 0 aromatic rings. The average molecular weight is 360 g/mol. The fourth-order valence-electron chi connectivity index (χ4n) is 0. The van der Waals surface area contributed by atoms with Gasteiger partial charge in [0.2, 0.25) is 0 Å². The van der Waals surface area contributed by atoms with Gasteiger partial charge in [-0.2, -0.15) is 0 Å². The molecular weight excluding hydrogens is 360 g/mol. The molecule has 48 valence electrons. The molecule has 0 amide bonds. The van der Waals surface area contributed by atoms with E-state index in [1.165, 1.54) is 0 Å². The molecule has 0 radical (unpaired) electrons. The average Bonchev–Trinajstić information content (AvgIpc) is 0.592. The molecule has 0 aliphatic carbocycles. The summed E-state index contributed by atoms with van der Waals surface area (Å²) in [6.07, 6.45) is 0. The standard InChI is InChI=1S/Cs.F6Si.Rb/c;1-7(2,3,4,5)6;/q+1;-2;+1. The van der Waals surface area contributed by atoms with Gasteiger partial charge in [-0.25, -0.2) is 0 Å². The Balaban J connectivity index is -0.000000180. The van der Waals surface area contributed by atoms with Crippen LogP contribution in [0.5, 0.6) is 0 Å². The third-order valence-electron chi connectivity index (χ3n) is 0. The Kier molecular flexibility index (Phi) is 7.79. The zero-order valence-electron chi connectivity index (χ0n) is 4.77. The van der Waals surface area contributed by atoms with Crippen LogP contribution in [0, 0.1) is 0 Å². The van der Waals surface area contributed by atoms with Crippen molar-refractivity contribution in [3.8, 4) is 0 Å². The summed E-state index contributed by atoms with van der Waals surface area (Å²) in [5, 5.41) is 0. The summed E-state index contributed by atoms with van der Waals surface area (Å²) in [6, 6.07) is 0. The van der Waals surface area contributed by atoms with E-state index in [2.05, 4.69) is 0 Å². The minimum atomic E-state index is -10.8. The van der Waals surface area contributed by atoms with Gasteiger partial charge in [0.1, 0.15) is 0 Å². The molecule has 9 heavy (non-hydrogen) atoms. The molecule has 0 rings (SSSR count). The Morgan fingerprint density at radius 1 is 0.667 bits per heavy atom. The Bertz CT molecular complexity index is 71.6. The number of hydrogen-bond acceptors (Lipinski definition) is 0. The second-order valence-corrected chi connectivity index (χ2v) is 3.21. The zero-order valence-corrected chi connectivity index (χ0v) is 17.0. The van der Waals surface area contributed by atoms with Crippen LogP contribution in [0.2, 0.25) is 0 Å². The van der Waals surface area contributed by atoms with Gasteiger partial charge in [0.15, 0.2) is 0 Å². The van der Waals surface area contributed by atoms with E-state index in [4.69, 9.17) is 0 Å². The van der Waals surface area contributed by atoms with Crippen LogP contribution >= 0.6 is 0 Å². The fraction of sp³-hybridized carbons (Fsp3) is 0. The second kappa shape index (κ2) is 3.80. The molecule has 0 atom stereocenters. The Morgan fingerprint density at radius 3 is 0.667 bits per heavy atom. The van der Waals surface area contributed by atoms with E-state index in [1.807, 2.05) is 0 Å². The van der Waals surface area contributed by atoms with Crippen LogP contribution in [0.3, 0.4) is 0 Å². The van der Waals surface area contributed by atoms with E-state index in [1.54, 1.807) is 0 Å². The van der Waals surface area contributed by atoms with Crippen LogP contribution in [-0.4, -0.2) is 8.63 Å². The molecule has 0 aliphatic heterocycles. The Labute approximate surface area is 155 Å². The first-order chi connectivity index (χ1) is 2.45. The molecule has 0 heterocycles. The minimum absolute atomic E-state index is 0. The molecule has 0 fully saturated rings. The minimum Gasteiger partial charge on any atom is 1.00 e. The van der Waals surface area contributed by atoms with Crippen LogP contribution in [0.25, 0.3) is 0 Å². The molecule has 0 saturated heterocycles. The van der Waals surface area contributed by atoms with Crippen molar-refractivity contribution in [2.24, 2.45) is 0 Å². The third-order valence-corrected chi connectivity index (χ3v) is 0. The van der Waals surface area contributed by atoms with E-state index in [0.29, 0.717) is 0 Å². The van der Waals surface area contributed by atoms with Crippen molar-refractivity contribution in [1.29, 1.82) is 0 Å². The predicted octanol–water partition coefficient (Wildman–Crippen LogP) is -3.85. The maximum absolute atomic E-state index is 10.8. The van der Waals surface area contributed by atoms with Crippen molar-refractivity contribution in [3.05, 3.63) is 0 Å². The molecule has 0 saturated carbocycles. The summed E-state index contributed by atoms with van der Waals surface area (Å²) in [4.78, 5) is 0. The number of hydrogen-bond donors (Lipinski definition) is 0. The maximum atomic E-state index is 9.88. The van der Waals surface area contributed by atoms with E-state index >= 15 is 0 Å². The van der Waals surface area contributed by atoms with Crippen LogP contribution in [0.15, 0.2) is 0 Å². The molecular formula is CsF6RbSi. The van der Waals surface area contributed by atoms with Gasteiger partial charge in [0.05, 0.1) is 0 Å². The topological polar surface area (TPSA) is 0 Å². The summed E-state index contributed by atoms with van der Waals surface area (Å²) in [5.41, 5.74) is 0. The van der Waals surface area contributed by atoms with E-state index in [0.717, 1.165) is 0 Å². The normalized spacial score (nSPS) is 18.0. The molecule has 0 aromatic carbocycles. The molecule has 0 bridgehead atoms. The summed E-state index contributed by atoms with van der Waals surface area (Å²) in [7, 11) is -10.8. The van der Waals surface area contributed by atoms with Gasteiger partial charge in [-0.1, -0.05) is 0 Å². The smallest absolute Gasteiger partial charge is 1.00 e. The summed E-state index contributed by atoms with van der Waals surface area (Å²) in [5.74, 6) is 0. The molecule has 9 heteroatoms. The molecule has 0 unspecified atom stereocenters. The van der Waals surface area contributed by atoms with Crippen molar-refractivity contribution < 1.29 is 152 Å². The third kappa shape index (κ3) is 81.3. The first kappa shape index (κ1) is 18.4. The molecule has 0 aromatic heterocycles. The van der Waals surface area contributed by atoms with Crippen LogP contribution < -0.4 is 127 Å². The van der Waals surface area contributed by atoms with E-state index < -0.39 is 8.63 Å². The first-order valence-electron chi connectivity index (χ1n) is 1.13. The molecule has 0 nitrogen and oxygen atoms in total. The molecule has 0 spiro atoms. The largest absolute Gasteiger partial charge is 1.00 e. The summed E-state index contributed by atoms with van der Waals surface area (Å²) < 4.78 is 59.3. The molecule has 0 aliphatic rings. The van der Waals surface area contributed by atoms with Gasteiger partial charge in [-0.05, 0) is 0 Å². The van der Waals surface area contributed by atoms with Crippen molar-refractivity contribution in [1.82, 2.24) is 0 Å². The van der Waals surface area contributed by atoms with Gasteiger partial charge < -0.3 is 0 Å². The van der Waals surface area contributed by atoms with Crippen LogP contribution in [-0.2, 0) is 0 Å². The second-order valence-electron chi connectivity index (χ2n) is 1.07. The van der Waals surface area contributed by atoms with Gasteiger partial charge in [0.25, 0.3) is 0 Å². The number of rotatable bonds is 0. The van der Waals surface area contributed by atoms with Gasteiger partial charge in [-0.15, -0.1) is 0 Å². The Hall–Kier alpha value is 3.65. The van der Waals surface area contributed by atoms with Crippen molar-refractivity contribution in [2.75, 3.05) is 0 Å². The maximum Gasteiger partial charge on any atom is 1.00 e. The first-order valence-corrected chi connectivity index (χ1v) is 3.40. The molecule has 0 N–H and O–H groups in total. The fourth-order valence-corrected chi connectivity index (χ4v) is 0. The summed E-state index contributed by atoms with van der Waals surface area (Å²) >= 11 is 0. The monoisotopic (exact) mass is 360 g/mol. The SMILES string of the molecule is F[Si-2](F)(F)(F)(F)F.[Cs+].[Rb+]. The number of halogens is 6. The van der Waals surface area contributed by atoms with E-state index in [9.17, 15) is 24.6 Å². The van der Waals surface area contributed by atoms with E-state index in [-0.39, 0.29) is 127 Å². The van der Waals surface area contributed by atoms with Crippen molar-refractivity contribution >= 4 is 8.63 Å². The summed E-state index contributed by atoms with van der Waals surface area (Å²) in [6.45, 7) is 0. The van der Waals surface area contributed by atoms with Crippen molar-refractivity contribution in [2.45, 2.75) is 0 Å².